The molecule has 3 N–H and O–H groups in total. The number of rotatable bonds is 5. The quantitative estimate of drug-likeness (QED) is 0.775. The molecule has 0 aromatic heterocycles. The second kappa shape index (κ2) is 6.06. The largest absolute Gasteiger partial charge is 0.480 e. The summed E-state index contributed by atoms with van der Waals surface area (Å²) < 4.78 is 0.973. The average Bonchev–Trinajstić information content (AvgIpc) is 3.19. The fourth-order valence-electron chi connectivity index (χ4n) is 1.79. The molecule has 6 heteroatoms. The first-order valence-corrected chi connectivity index (χ1v) is 6.87. The number of hydrogen-bond donors (Lipinski definition) is 3. The number of urea groups is 1. The van der Waals surface area contributed by atoms with Gasteiger partial charge in [0.05, 0.1) is 0 Å². The van der Waals surface area contributed by atoms with Gasteiger partial charge in [0.2, 0.25) is 0 Å². The van der Waals surface area contributed by atoms with E-state index in [-0.39, 0.29) is 5.92 Å². The van der Waals surface area contributed by atoms with E-state index in [1.54, 1.807) is 0 Å². The fraction of sp³-hybridized carbons (Fsp3) is 0.385. The summed E-state index contributed by atoms with van der Waals surface area (Å²) in [5.41, 5.74) is 0.955. The van der Waals surface area contributed by atoms with Gasteiger partial charge in [-0.05, 0) is 36.5 Å². The van der Waals surface area contributed by atoms with Crippen molar-refractivity contribution in [1.29, 1.82) is 0 Å². The summed E-state index contributed by atoms with van der Waals surface area (Å²) in [6, 6.07) is 6.34. The molecule has 1 fully saturated rings. The van der Waals surface area contributed by atoms with Crippen LogP contribution in [-0.2, 0) is 11.3 Å². The standard InChI is InChI=1S/C13H15BrN2O3/c14-10-5-1-8(2-6-10)7-15-13(19)16-11(12(17)18)9-3-4-9/h1-2,5-6,9,11H,3-4,7H2,(H,17,18)(H2,15,16,19). The summed E-state index contributed by atoms with van der Waals surface area (Å²) in [5, 5.41) is 14.2. The number of benzene rings is 1. The van der Waals surface area contributed by atoms with Gasteiger partial charge in [-0.2, -0.15) is 0 Å². The molecule has 0 radical (unpaired) electrons. The molecule has 0 spiro atoms. The lowest BCUT2D eigenvalue weighted by atomic mass is 10.2. The fourth-order valence-corrected chi connectivity index (χ4v) is 2.05. The minimum atomic E-state index is -0.971. The number of carboxylic acid groups (broad SMARTS) is 1. The Morgan fingerprint density at radius 2 is 1.95 bits per heavy atom. The number of aliphatic carboxylic acids is 1. The first-order chi connectivity index (χ1) is 9.06. The molecular weight excluding hydrogens is 312 g/mol. The van der Waals surface area contributed by atoms with Crippen molar-refractivity contribution in [3.8, 4) is 0 Å². The normalized spacial score (nSPS) is 15.6. The number of hydrogen-bond acceptors (Lipinski definition) is 2. The van der Waals surface area contributed by atoms with Crippen LogP contribution in [0.2, 0.25) is 0 Å². The number of carboxylic acids is 1. The van der Waals surface area contributed by atoms with Crippen molar-refractivity contribution in [1.82, 2.24) is 10.6 Å². The number of carbonyl (C=O) groups excluding carboxylic acids is 1. The Balaban J connectivity index is 1.80. The third-order valence-corrected chi connectivity index (χ3v) is 3.54. The molecule has 1 atom stereocenters. The Morgan fingerprint density at radius 3 is 2.47 bits per heavy atom. The van der Waals surface area contributed by atoms with Crippen LogP contribution in [0.25, 0.3) is 0 Å². The van der Waals surface area contributed by atoms with Gasteiger partial charge in [0.1, 0.15) is 6.04 Å². The third kappa shape index (κ3) is 4.24. The van der Waals surface area contributed by atoms with Crippen LogP contribution in [0.5, 0.6) is 0 Å². The summed E-state index contributed by atoms with van der Waals surface area (Å²) in [7, 11) is 0. The number of halogens is 1. The van der Waals surface area contributed by atoms with E-state index < -0.39 is 18.0 Å². The summed E-state index contributed by atoms with van der Waals surface area (Å²) in [5.74, 6) is -0.891. The van der Waals surface area contributed by atoms with E-state index in [9.17, 15) is 9.59 Å². The molecule has 1 aromatic carbocycles. The van der Waals surface area contributed by atoms with Crippen molar-refractivity contribution < 1.29 is 14.7 Å². The molecule has 1 unspecified atom stereocenters. The maximum absolute atomic E-state index is 11.6. The van der Waals surface area contributed by atoms with Crippen molar-refractivity contribution >= 4 is 27.9 Å². The monoisotopic (exact) mass is 326 g/mol. The summed E-state index contributed by atoms with van der Waals surface area (Å²) in [6.07, 6.45) is 1.73. The molecule has 1 aliphatic rings. The lowest BCUT2D eigenvalue weighted by Crippen LogP contribution is -2.46. The van der Waals surface area contributed by atoms with Crippen molar-refractivity contribution in [3.05, 3.63) is 34.3 Å². The van der Waals surface area contributed by atoms with Gasteiger partial charge in [-0.25, -0.2) is 9.59 Å². The van der Waals surface area contributed by atoms with Gasteiger partial charge in [0.25, 0.3) is 0 Å². The minimum absolute atomic E-state index is 0.0796. The molecule has 0 aliphatic heterocycles. The molecule has 0 bridgehead atoms. The van der Waals surface area contributed by atoms with E-state index in [0.717, 1.165) is 22.9 Å². The van der Waals surface area contributed by atoms with Gasteiger partial charge < -0.3 is 15.7 Å². The summed E-state index contributed by atoms with van der Waals surface area (Å²) in [6.45, 7) is 0.371. The molecule has 1 aromatic rings. The van der Waals surface area contributed by atoms with Gasteiger partial charge in [0.15, 0.2) is 0 Å². The van der Waals surface area contributed by atoms with Crippen molar-refractivity contribution in [2.75, 3.05) is 0 Å². The molecule has 102 valence electrons. The highest BCUT2D eigenvalue weighted by Gasteiger charge is 2.37. The predicted octanol–water partition coefficient (Wildman–Crippen LogP) is 2.11. The molecule has 1 aliphatic carbocycles. The van der Waals surface area contributed by atoms with Crippen molar-refractivity contribution in [3.63, 3.8) is 0 Å². The van der Waals surface area contributed by atoms with Crippen LogP contribution in [-0.4, -0.2) is 23.1 Å². The highest BCUT2D eigenvalue weighted by atomic mass is 79.9. The van der Waals surface area contributed by atoms with Crippen LogP contribution in [0.3, 0.4) is 0 Å². The van der Waals surface area contributed by atoms with Gasteiger partial charge in [0, 0.05) is 11.0 Å². The molecule has 2 amide bonds. The molecule has 19 heavy (non-hydrogen) atoms. The molecule has 0 saturated heterocycles. The van der Waals surface area contributed by atoms with E-state index in [2.05, 4.69) is 26.6 Å². The predicted molar refractivity (Wildman–Crippen MR) is 73.7 cm³/mol. The first-order valence-electron chi connectivity index (χ1n) is 6.08. The van der Waals surface area contributed by atoms with Gasteiger partial charge in [-0.15, -0.1) is 0 Å². The zero-order valence-electron chi connectivity index (χ0n) is 10.2. The second-order valence-electron chi connectivity index (χ2n) is 4.61. The Hall–Kier alpha value is -1.56. The van der Waals surface area contributed by atoms with Gasteiger partial charge in [-0.1, -0.05) is 28.1 Å². The minimum Gasteiger partial charge on any atom is -0.480 e. The number of nitrogens with one attached hydrogen (secondary N) is 2. The Bertz CT molecular complexity index is 471. The summed E-state index contributed by atoms with van der Waals surface area (Å²) >= 11 is 3.33. The topological polar surface area (TPSA) is 78.4 Å². The van der Waals surface area contributed by atoms with Crippen LogP contribution >= 0.6 is 15.9 Å². The SMILES string of the molecule is O=C(NCc1ccc(Br)cc1)NC(C(=O)O)C1CC1. The Labute approximate surface area is 119 Å². The smallest absolute Gasteiger partial charge is 0.326 e. The Morgan fingerprint density at radius 1 is 1.32 bits per heavy atom. The van der Waals surface area contributed by atoms with Crippen LogP contribution in [0.15, 0.2) is 28.7 Å². The lowest BCUT2D eigenvalue weighted by molar-refractivity contribution is -0.139. The lowest BCUT2D eigenvalue weighted by Gasteiger charge is -2.14. The van der Waals surface area contributed by atoms with E-state index in [1.165, 1.54) is 0 Å². The molecular formula is C13H15BrN2O3. The van der Waals surface area contributed by atoms with Gasteiger partial charge in [-0.3, -0.25) is 0 Å². The zero-order chi connectivity index (χ0) is 13.8. The molecule has 1 saturated carbocycles. The van der Waals surface area contributed by atoms with Crippen LogP contribution in [0.4, 0.5) is 4.79 Å². The van der Waals surface area contributed by atoms with E-state index >= 15 is 0 Å². The molecule has 2 rings (SSSR count). The zero-order valence-corrected chi connectivity index (χ0v) is 11.8. The second-order valence-corrected chi connectivity index (χ2v) is 5.52. The average molecular weight is 327 g/mol. The maximum Gasteiger partial charge on any atom is 0.326 e. The number of amides is 2. The maximum atomic E-state index is 11.6. The highest BCUT2D eigenvalue weighted by Crippen LogP contribution is 2.32. The summed E-state index contributed by atoms with van der Waals surface area (Å²) in [4.78, 5) is 22.6. The van der Waals surface area contributed by atoms with Crippen LogP contribution < -0.4 is 10.6 Å². The number of carbonyl (C=O) groups is 2. The highest BCUT2D eigenvalue weighted by molar-refractivity contribution is 9.10. The third-order valence-electron chi connectivity index (χ3n) is 3.01. The van der Waals surface area contributed by atoms with Crippen molar-refractivity contribution in [2.45, 2.75) is 25.4 Å². The molecule has 5 nitrogen and oxygen atoms in total. The van der Waals surface area contributed by atoms with Gasteiger partial charge >= 0.3 is 12.0 Å². The van der Waals surface area contributed by atoms with E-state index in [0.29, 0.717) is 6.54 Å². The van der Waals surface area contributed by atoms with E-state index in [4.69, 9.17) is 5.11 Å². The van der Waals surface area contributed by atoms with Crippen LogP contribution in [0, 0.1) is 5.92 Å². The van der Waals surface area contributed by atoms with E-state index in [1.807, 2.05) is 24.3 Å². The first kappa shape index (κ1) is 13.9. The van der Waals surface area contributed by atoms with Crippen molar-refractivity contribution in [2.24, 2.45) is 5.92 Å². The van der Waals surface area contributed by atoms with Crippen LogP contribution in [0.1, 0.15) is 18.4 Å². The molecule has 0 heterocycles. The Kier molecular flexibility index (Phi) is 4.42.